The first kappa shape index (κ1) is 38.0. The summed E-state index contributed by atoms with van der Waals surface area (Å²) in [6.07, 6.45) is 35.3. The number of aromatic nitrogens is 2. The van der Waals surface area contributed by atoms with Crippen molar-refractivity contribution in [3.63, 3.8) is 0 Å². The van der Waals surface area contributed by atoms with Crippen LogP contribution >= 0.6 is 0 Å². The van der Waals surface area contributed by atoms with E-state index in [1.54, 1.807) is 0 Å². The van der Waals surface area contributed by atoms with Crippen molar-refractivity contribution >= 4 is 0 Å². The molecular formula is C41H68N2O4+2. The SMILES string of the molecule is CCCCCCCCCCCC[n+]1ccc(C2OCC3(CO2)COC(c2ccc[n+](CCCCCCCCCCCC)c2)OC3)cc1. The van der Waals surface area contributed by atoms with Crippen LogP contribution in [0, 0.1) is 5.41 Å². The zero-order chi connectivity index (χ0) is 32.8. The van der Waals surface area contributed by atoms with Gasteiger partial charge in [0.2, 0.25) is 0 Å². The van der Waals surface area contributed by atoms with E-state index in [4.69, 9.17) is 18.9 Å². The molecule has 6 heteroatoms. The van der Waals surface area contributed by atoms with Crippen LogP contribution in [0.4, 0.5) is 0 Å². The first-order chi connectivity index (χ1) is 23.2. The number of aryl methyl sites for hydroxylation is 2. The standard InChI is InChI=1S/C41H68N2O4/c1-3-5-7-9-11-13-15-17-19-21-27-42-30-25-37(26-31-42)39-44-33-41(34-45-39)35-46-40(47-36-41)38-24-23-29-43(32-38)28-22-20-18-16-14-12-10-8-6-4-2/h23-26,29-32,39-40H,3-22,27-28,33-36H2,1-2H3/q+2. The molecule has 2 fully saturated rings. The van der Waals surface area contributed by atoms with Crippen LogP contribution in [0.25, 0.3) is 0 Å². The summed E-state index contributed by atoms with van der Waals surface area (Å²) >= 11 is 0. The third kappa shape index (κ3) is 14.3. The zero-order valence-corrected chi connectivity index (χ0v) is 30.2. The van der Waals surface area contributed by atoms with E-state index in [9.17, 15) is 0 Å². The van der Waals surface area contributed by atoms with E-state index in [1.165, 1.54) is 128 Å². The monoisotopic (exact) mass is 653 g/mol. The van der Waals surface area contributed by atoms with Gasteiger partial charge in [-0.05, 0) is 18.9 Å². The van der Waals surface area contributed by atoms with Crippen LogP contribution < -0.4 is 9.13 Å². The van der Waals surface area contributed by atoms with Crippen LogP contribution in [0.15, 0.2) is 49.1 Å². The Bertz CT molecular complexity index is 1060. The number of hydrogen-bond donors (Lipinski definition) is 0. The molecule has 1 spiro atoms. The lowest BCUT2D eigenvalue weighted by molar-refractivity contribution is -0.698. The van der Waals surface area contributed by atoms with Gasteiger partial charge in [-0.15, -0.1) is 0 Å². The normalized spacial score (nSPS) is 21.4. The highest BCUT2D eigenvalue weighted by atomic mass is 16.7. The first-order valence-corrected chi connectivity index (χ1v) is 19.7. The van der Waals surface area contributed by atoms with Gasteiger partial charge in [-0.25, -0.2) is 9.13 Å². The van der Waals surface area contributed by atoms with Gasteiger partial charge in [0.05, 0.1) is 37.4 Å². The number of rotatable bonds is 24. The van der Waals surface area contributed by atoms with Gasteiger partial charge in [0.25, 0.3) is 0 Å². The minimum absolute atomic E-state index is 0.252. The number of unbranched alkanes of at least 4 members (excludes halogenated alkanes) is 18. The molecule has 2 aromatic rings. The van der Waals surface area contributed by atoms with Crippen LogP contribution in [0.5, 0.6) is 0 Å². The summed E-state index contributed by atoms with van der Waals surface area (Å²) in [5, 5.41) is 0. The number of pyridine rings is 2. The average Bonchev–Trinajstić information content (AvgIpc) is 3.11. The molecule has 2 aliphatic heterocycles. The van der Waals surface area contributed by atoms with Crippen molar-refractivity contribution in [3.05, 3.63) is 60.2 Å². The maximum atomic E-state index is 6.26. The van der Waals surface area contributed by atoms with Gasteiger partial charge in [0.1, 0.15) is 13.1 Å². The lowest BCUT2D eigenvalue weighted by atomic mass is 9.90. The Morgan fingerprint density at radius 2 is 0.894 bits per heavy atom. The Morgan fingerprint density at radius 3 is 1.36 bits per heavy atom. The lowest BCUT2D eigenvalue weighted by Crippen LogP contribution is -2.49. The Labute approximate surface area is 287 Å². The van der Waals surface area contributed by atoms with Gasteiger partial charge >= 0.3 is 0 Å². The summed E-state index contributed by atoms with van der Waals surface area (Å²) in [7, 11) is 0. The molecule has 2 saturated heterocycles. The largest absolute Gasteiger partial charge is 0.348 e. The highest BCUT2D eigenvalue weighted by Crippen LogP contribution is 2.37. The van der Waals surface area contributed by atoms with Crippen molar-refractivity contribution in [2.45, 2.75) is 168 Å². The number of hydrogen-bond acceptors (Lipinski definition) is 4. The Kier molecular flexibility index (Phi) is 18.3. The Hall–Kier alpha value is -1.86. The fourth-order valence-electron chi connectivity index (χ4n) is 6.90. The maximum Gasteiger partial charge on any atom is 0.189 e. The van der Waals surface area contributed by atoms with Crippen molar-refractivity contribution in [1.29, 1.82) is 0 Å². The molecular weight excluding hydrogens is 584 g/mol. The molecule has 0 radical (unpaired) electrons. The molecule has 4 rings (SSSR count). The molecule has 0 N–H and O–H groups in total. The second kappa shape index (κ2) is 22.7. The van der Waals surface area contributed by atoms with E-state index in [-0.39, 0.29) is 18.0 Å². The van der Waals surface area contributed by atoms with Gasteiger partial charge in [0, 0.05) is 36.6 Å². The molecule has 2 aliphatic rings. The van der Waals surface area contributed by atoms with Gasteiger partial charge in [0.15, 0.2) is 37.4 Å². The molecule has 0 saturated carbocycles. The van der Waals surface area contributed by atoms with Crippen LogP contribution in [0.3, 0.4) is 0 Å². The number of ether oxygens (including phenoxy) is 4. The maximum absolute atomic E-state index is 6.26. The van der Waals surface area contributed by atoms with Crippen molar-refractivity contribution in [1.82, 2.24) is 0 Å². The number of nitrogens with zero attached hydrogens (tertiary/aromatic N) is 2. The smallest absolute Gasteiger partial charge is 0.189 e. The predicted molar refractivity (Wildman–Crippen MR) is 189 cm³/mol. The average molecular weight is 653 g/mol. The molecule has 0 amide bonds. The second-order valence-corrected chi connectivity index (χ2v) is 14.5. The third-order valence-electron chi connectivity index (χ3n) is 10.0. The van der Waals surface area contributed by atoms with Crippen LogP contribution in [-0.2, 0) is 32.0 Å². The van der Waals surface area contributed by atoms with E-state index in [0.29, 0.717) is 26.4 Å². The van der Waals surface area contributed by atoms with Crippen LogP contribution in [-0.4, -0.2) is 26.4 Å². The van der Waals surface area contributed by atoms with Gasteiger partial charge in [-0.2, -0.15) is 0 Å². The van der Waals surface area contributed by atoms with E-state index < -0.39 is 0 Å². The van der Waals surface area contributed by atoms with Crippen LogP contribution in [0.1, 0.15) is 166 Å². The van der Waals surface area contributed by atoms with Crippen molar-refractivity contribution < 1.29 is 28.1 Å². The molecule has 0 bridgehead atoms. The summed E-state index contributed by atoms with van der Waals surface area (Å²) in [6.45, 7) is 8.99. The molecule has 0 unspecified atom stereocenters. The van der Waals surface area contributed by atoms with Crippen LogP contribution in [0.2, 0.25) is 0 Å². The minimum Gasteiger partial charge on any atom is -0.348 e. The van der Waals surface area contributed by atoms with Crippen molar-refractivity contribution in [3.8, 4) is 0 Å². The quantitative estimate of drug-likeness (QED) is 0.0837. The van der Waals surface area contributed by atoms with E-state index in [0.717, 1.165) is 24.2 Å². The molecule has 0 atom stereocenters. The molecule has 2 aromatic heterocycles. The summed E-state index contributed by atoms with van der Waals surface area (Å²) in [4.78, 5) is 0. The Balaban J connectivity index is 1.07. The zero-order valence-electron chi connectivity index (χ0n) is 30.2. The second-order valence-electron chi connectivity index (χ2n) is 14.5. The van der Waals surface area contributed by atoms with E-state index >= 15 is 0 Å². The lowest BCUT2D eigenvalue weighted by Gasteiger charge is -2.43. The Morgan fingerprint density at radius 1 is 0.489 bits per heavy atom. The highest BCUT2D eigenvalue weighted by Gasteiger charge is 2.43. The topological polar surface area (TPSA) is 44.7 Å². The molecule has 0 aliphatic carbocycles. The molecule has 4 heterocycles. The first-order valence-electron chi connectivity index (χ1n) is 19.7. The molecule has 6 nitrogen and oxygen atoms in total. The van der Waals surface area contributed by atoms with E-state index in [2.05, 4.69) is 72.0 Å². The minimum atomic E-state index is -0.335. The fourth-order valence-corrected chi connectivity index (χ4v) is 6.90. The summed E-state index contributed by atoms with van der Waals surface area (Å²) in [5.74, 6) is 0. The summed E-state index contributed by atoms with van der Waals surface area (Å²) < 4.78 is 29.6. The van der Waals surface area contributed by atoms with Gasteiger partial charge in [-0.1, -0.05) is 117 Å². The van der Waals surface area contributed by atoms with Gasteiger partial charge in [-0.3, -0.25) is 0 Å². The summed E-state index contributed by atoms with van der Waals surface area (Å²) in [5.41, 5.74) is 1.91. The van der Waals surface area contributed by atoms with E-state index in [1.807, 2.05) is 0 Å². The van der Waals surface area contributed by atoms with Crippen molar-refractivity contribution in [2.24, 2.45) is 5.41 Å². The van der Waals surface area contributed by atoms with Crippen molar-refractivity contribution in [2.75, 3.05) is 26.4 Å². The third-order valence-corrected chi connectivity index (χ3v) is 10.0. The molecule has 0 aromatic carbocycles. The summed E-state index contributed by atoms with van der Waals surface area (Å²) in [6, 6.07) is 8.51. The highest BCUT2D eigenvalue weighted by molar-refractivity contribution is 5.11. The van der Waals surface area contributed by atoms with Gasteiger partial charge < -0.3 is 18.9 Å². The predicted octanol–water partition coefficient (Wildman–Crippen LogP) is 9.88. The molecule has 264 valence electrons. The molecule has 47 heavy (non-hydrogen) atoms. The fraction of sp³-hybridized carbons (Fsp3) is 0.756.